The van der Waals surface area contributed by atoms with Crippen LogP contribution in [0.4, 0.5) is 0 Å². The third kappa shape index (κ3) is 11.1. The molecule has 23 heavy (non-hydrogen) atoms. The Balaban J connectivity index is 4.04. The first kappa shape index (κ1) is 22.9. The molecule has 5 heteroatoms. The van der Waals surface area contributed by atoms with E-state index < -0.39 is 15.1 Å². The highest BCUT2D eigenvalue weighted by molar-refractivity contribution is 7.87. The van der Waals surface area contributed by atoms with Gasteiger partial charge >= 0.3 is 0 Å². The molecule has 0 aromatic rings. The third-order valence-corrected chi connectivity index (χ3v) is 5.94. The lowest BCUT2D eigenvalue weighted by Crippen LogP contribution is -2.38. The van der Waals surface area contributed by atoms with Crippen molar-refractivity contribution in [3.8, 4) is 0 Å². The van der Waals surface area contributed by atoms with Crippen molar-refractivity contribution >= 4 is 10.1 Å². The predicted octanol–water partition coefficient (Wildman–Crippen LogP) is 5.45. The van der Waals surface area contributed by atoms with Crippen molar-refractivity contribution < 1.29 is 18.1 Å². The largest absolute Gasteiger partial charge is 0.372 e. The van der Waals surface area contributed by atoms with Gasteiger partial charge in [-0.1, -0.05) is 84.5 Å². The first-order valence-corrected chi connectivity index (χ1v) is 11.0. The summed E-state index contributed by atoms with van der Waals surface area (Å²) >= 11 is 0. The van der Waals surface area contributed by atoms with E-state index in [2.05, 4.69) is 13.8 Å². The van der Waals surface area contributed by atoms with Crippen LogP contribution in [-0.4, -0.2) is 23.0 Å². The lowest BCUT2D eigenvalue weighted by molar-refractivity contribution is 0.0884. The van der Waals surface area contributed by atoms with Crippen LogP contribution in [0, 0.1) is 0 Å². The number of unbranched alkanes of at least 4 members (excludes halogenated alkanes) is 11. The zero-order valence-corrected chi connectivity index (χ0v) is 16.0. The van der Waals surface area contributed by atoms with Crippen LogP contribution in [0.15, 0.2) is 0 Å². The first-order chi connectivity index (χ1) is 10.9. The standard InChI is InChI=1S/C18H38O4S/c1-3-5-7-9-11-13-15-17-18(19,23(20,21)22)16-14-12-10-8-6-4-2/h19H,3-17H2,1-2H3,(H,20,21,22). The topological polar surface area (TPSA) is 74.6 Å². The summed E-state index contributed by atoms with van der Waals surface area (Å²) < 4.78 is 32.4. The molecule has 0 bridgehead atoms. The van der Waals surface area contributed by atoms with E-state index in [1.54, 1.807) is 0 Å². The maximum absolute atomic E-state index is 11.5. The summed E-state index contributed by atoms with van der Waals surface area (Å²) in [5.74, 6) is 0. The minimum atomic E-state index is -4.41. The second-order valence-electron chi connectivity index (χ2n) is 6.81. The SMILES string of the molecule is CCCCCCCCCC(O)(CCCCCCCC)S(=O)(=O)O. The Bertz CT molecular complexity index is 367. The Hall–Kier alpha value is -0.130. The van der Waals surface area contributed by atoms with Crippen LogP contribution in [0.1, 0.15) is 110 Å². The van der Waals surface area contributed by atoms with Gasteiger partial charge in [-0.25, -0.2) is 0 Å². The first-order valence-electron chi connectivity index (χ1n) is 9.56. The van der Waals surface area contributed by atoms with Crippen molar-refractivity contribution in [1.82, 2.24) is 0 Å². The van der Waals surface area contributed by atoms with Crippen molar-refractivity contribution in [3.05, 3.63) is 0 Å². The van der Waals surface area contributed by atoms with Gasteiger partial charge in [0.1, 0.15) is 0 Å². The zero-order valence-electron chi connectivity index (χ0n) is 15.2. The van der Waals surface area contributed by atoms with Gasteiger partial charge in [-0.05, 0) is 25.7 Å². The van der Waals surface area contributed by atoms with Gasteiger partial charge in [0, 0.05) is 0 Å². The molecular weight excluding hydrogens is 312 g/mol. The number of hydrogen-bond acceptors (Lipinski definition) is 3. The smallest absolute Gasteiger partial charge is 0.294 e. The van der Waals surface area contributed by atoms with Crippen LogP contribution in [0.5, 0.6) is 0 Å². The highest BCUT2D eigenvalue weighted by Gasteiger charge is 2.39. The quantitative estimate of drug-likeness (QED) is 0.286. The summed E-state index contributed by atoms with van der Waals surface area (Å²) in [6, 6.07) is 0. The summed E-state index contributed by atoms with van der Waals surface area (Å²) in [5, 5.41) is 10.4. The van der Waals surface area contributed by atoms with E-state index in [-0.39, 0.29) is 12.8 Å². The maximum Gasteiger partial charge on any atom is 0.294 e. The van der Waals surface area contributed by atoms with E-state index in [4.69, 9.17) is 0 Å². The third-order valence-electron chi connectivity index (χ3n) is 4.57. The molecule has 0 rings (SSSR count). The molecular formula is C18H38O4S. The molecule has 0 fully saturated rings. The molecule has 0 aromatic carbocycles. The Morgan fingerprint density at radius 1 is 0.652 bits per heavy atom. The summed E-state index contributed by atoms with van der Waals surface area (Å²) in [5.41, 5.74) is 0. The molecule has 1 unspecified atom stereocenters. The monoisotopic (exact) mass is 350 g/mol. The van der Waals surface area contributed by atoms with Crippen LogP contribution in [0.25, 0.3) is 0 Å². The molecule has 0 aliphatic carbocycles. The molecule has 0 aliphatic heterocycles. The molecule has 0 spiro atoms. The Morgan fingerprint density at radius 2 is 0.957 bits per heavy atom. The van der Waals surface area contributed by atoms with E-state index in [0.29, 0.717) is 12.8 Å². The molecule has 0 heterocycles. The fourth-order valence-electron chi connectivity index (χ4n) is 2.92. The summed E-state index contributed by atoms with van der Waals surface area (Å²) in [6.07, 6.45) is 13.9. The molecule has 0 saturated carbocycles. The van der Waals surface area contributed by atoms with Crippen molar-refractivity contribution in [2.24, 2.45) is 0 Å². The second kappa shape index (κ2) is 13.2. The van der Waals surface area contributed by atoms with E-state index in [1.807, 2.05) is 0 Å². The molecule has 0 radical (unpaired) electrons. The molecule has 0 aliphatic rings. The van der Waals surface area contributed by atoms with Gasteiger partial charge in [0.05, 0.1) is 0 Å². The lowest BCUT2D eigenvalue weighted by atomic mass is 10.0. The van der Waals surface area contributed by atoms with Gasteiger partial charge in [-0.3, -0.25) is 4.55 Å². The van der Waals surface area contributed by atoms with E-state index in [9.17, 15) is 18.1 Å². The normalized spacial score (nSPS) is 14.8. The van der Waals surface area contributed by atoms with Crippen molar-refractivity contribution in [1.29, 1.82) is 0 Å². The Labute approximate surface area is 143 Å². The lowest BCUT2D eigenvalue weighted by Gasteiger charge is -2.24. The van der Waals surface area contributed by atoms with Crippen molar-refractivity contribution in [2.75, 3.05) is 0 Å². The van der Waals surface area contributed by atoms with Crippen LogP contribution >= 0.6 is 0 Å². The second-order valence-corrected chi connectivity index (χ2v) is 8.52. The maximum atomic E-state index is 11.5. The van der Waals surface area contributed by atoms with Crippen LogP contribution in [0.2, 0.25) is 0 Å². The van der Waals surface area contributed by atoms with E-state index in [0.717, 1.165) is 38.5 Å². The van der Waals surface area contributed by atoms with E-state index in [1.165, 1.54) is 32.1 Å². The predicted molar refractivity (Wildman–Crippen MR) is 97.1 cm³/mol. The van der Waals surface area contributed by atoms with Gasteiger partial charge < -0.3 is 5.11 Å². The molecule has 0 saturated heterocycles. The molecule has 1 atom stereocenters. The van der Waals surface area contributed by atoms with Crippen molar-refractivity contribution in [3.63, 3.8) is 0 Å². The Kier molecular flexibility index (Phi) is 13.1. The minimum absolute atomic E-state index is 0.147. The molecule has 4 nitrogen and oxygen atoms in total. The van der Waals surface area contributed by atoms with Crippen LogP contribution in [0.3, 0.4) is 0 Å². The van der Waals surface area contributed by atoms with Gasteiger partial charge in [0.2, 0.25) is 0 Å². The molecule has 0 amide bonds. The number of aliphatic hydroxyl groups is 1. The van der Waals surface area contributed by atoms with Crippen molar-refractivity contribution in [2.45, 2.75) is 115 Å². The summed E-state index contributed by atoms with van der Waals surface area (Å²) in [6.45, 7) is 4.33. The van der Waals surface area contributed by atoms with Gasteiger partial charge in [-0.2, -0.15) is 8.42 Å². The van der Waals surface area contributed by atoms with E-state index >= 15 is 0 Å². The summed E-state index contributed by atoms with van der Waals surface area (Å²) in [4.78, 5) is -1.94. The highest BCUT2D eigenvalue weighted by Crippen LogP contribution is 2.28. The van der Waals surface area contributed by atoms with Crippen LogP contribution < -0.4 is 0 Å². The zero-order chi connectivity index (χ0) is 17.6. The fraction of sp³-hybridized carbons (Fsp3) is 1.00. The summed E-state index contributed by atoms with van der Waals surface area (Å²) in [7, 11) is -4.41. The minimum Gasteiger partial charge on any atom is -0.372 e. The molecule has 2 N–H and O–H groups in total. The number of hydrogen-bond donors (Lipinski definition) is 2. The average Bonchev–Trinajstić information content (AvgIpc) is 2.49. The Morgan fingerprint density at radius 3 is 1.26 bits per heavy atom. The van der Waals surface area contributed by atoms with Crippen LogP contribution in [-0.2, 0) is 10.1 Å². The van der Waals surface area contributed by atoms with Gasteiger partial charge in [-0.15, -0.1) is 0 Å². The average molecular weight is 351 g/mol. The molecule has 140 valence electrons. The van der Waals surface area contributed by atoms with Gasteiger partial charge in [0.15, 0.2) is 4.93 Å². The molecule has 0 aromatic heterocycles. The number of rotatable bonds is 16. The van der Waals surface area contributed by atoms with Gasteiger partial charge in [0.25, 0.3) is 10.1 Å². The fourth-order valence-corrected chi connectivity index (χ4v) is 3.73. The highest BCUT2D eigenvalue weighted by atomic mass is 32.2.